The Morgan fingerprint density at radius 3 is 2.48 bits per heavy atom. The van der Waals surface area contributed by atoms with Gasteiger partial charge in [0.2, 0.25) is 0 Å². The minimum absolute atomic E-state index is 0.220. The quantitative estimate of drug-likeness (QED) is 0.834. The molecule has 0 amide bonds. The van der Waals surface area contributed by atoms with Gasteiger partial charge in [0, 0.05) is 43.0 Å². The fourth-order valence-corrected chi connectivity index (χ4v) is 3.43. The summed E-state index contributed by atoms with van der Waals surface area (Å²) < 4.78 is 5.41. The maximum absolute atomic E-state index is 6.18. The molecule has 0 unspecified atom stereocenters. The molecule has 0 spiro atoms. The van der Waals surface area contributed by atoms with E-state index in [9.17, 15) is 0 Å². The zero-order valence-corrected chi connectivity index (χ0v) is 16.0. The van der Waals surface area contributed by atoms with Crippen LogP contribution in [0, 0.1) is 0 Å². The van der Waals surface area contributed by atoms with Crippen molar-refractivity contribution in [3.05, 3.63) is 35.5 Å². The summed E-state index contributed by atoms with van der Waals surface area (Å²) in [6.45, 7) is 11.0. The minimum atomic E-state index is 0.220. The Morgan fingerprint density at radius 1 is 1.12 bits per heavy atom. The third-order valence-electron chi connectivity index (χ3n) is 4.68. The highest BCUT2D eigenvalue weighted by molar-refractivity contribution is 6.32. The first-order valence-electron chi connectivity index (χ1n) is 8.56. The van der Waals surface area contributed by atoms with Gasteiger partial charge in [-0.25, -0.2) is 0 Å². The first-order valence-corrected chi connectivity index (χ1v) is 8.93. The van der Waals surface area contributed by atoms with E-state index in [0.717, 1.165) is 31.7 Å². The number of rotatable bonds is 3. The smallest absolute Gasteiger partial charge is 0.167 e. The molecule has 1 aliphatic heterocycles. The second-order valence-corrected chi connectivity index (χ2v) is 7.68. The summed E-state index contributed by atoms with van der Waals surface area (Å²) in [4.78, 5) is 4.94. The van der Waals surface area contributed by atoms with Crippen molar-refractivity contribution >= 4 is 17.3 Å². The number of methoxy groups -OCH3 is 1. The predicted molar refractivity (Wildman–Crippen MR) is 103 cm³/mol. The van der Waals surface area contributed by atoms with Crippen molar-refractivity contribution in [2.75, 3.05) is 38.2 Å². The highest BCUT2D eigenvalue weighted by atomic mass is 35.5. The van der Waals surface area contributed by atoms with Crippen molar-refractivity contribution < 1.29 is 4.74 Å². The predicted octanol–water partition coefficient (Wildman–Crippen LogP) is 3.73. The molecule has 1 aromatic heterocycles. The van der Waals surface area contributed by atoms with E-state index < -0.39 is 0 Å². The number of hydrogen-bond acceptors (Lipinski definition) is 5. The third-order valence-corrected chi connectivity index (χ3v) is 4.95. The van der Waals surface area contributed by atoms with Gasteiger partial charge in [-0.15, -0.1) is 5.10 Å². The van der Waals surface area contributed by atoms with Gasteiger partial charge >= 0.3 is 0 Å². The van der Waals surface area contributed by atoms with Crippen LogP contribution in [0.4, 0.5) is 5.69 Å². The molecule has 134 valence electrons. The summed E-state index contributed by atoms with van der Waals surface area (Å²) >= 11 is 6.18. The Bertz CT molecular complexity index is 736. The van der Waals surface area contributed by atoms with Crippen molar-refractivity contribution in [2.45, 2.75) is 26.3 Å². The molecule has 1 aromatic carbocycles. The summed E-state index contributed by atoms with van der Waals surface area (Å²) in [6.07, 6.45) is 1.50. The molecule has 0 saturated carbocycles. The van der Waals surface area contributed by atoms with Crippen LogP contribution in [0.1, 0.15) is 20.8 Å². The van der Waals surface area contributed by atoms with Crippen LogP contribution >= 0.6 is 11.6 Å². The van der Waals surface area contributed by atoms with Gasteiger partial charge < -0.3 is 9.64 Å². The fourth-order valence-electron chi connectivity index (χ4n) is 3.22. The Morgan fingerprint density at radius 2 is 1.84 bits per heavy atom. The van der Waals surface area contributed by atoms with E-state index in [1.54, 1.807) is 7.11 Å². The van der Waals surface area contributed by atoms with Crippen molar-refractivity contribution in [3.8, 4) is 17.0 Å². The van der Waals surface area contributed by atoms with Crippen LogP contribution < -0.4 is 9.64 Å². The summed E-state index contributed by atoms with van der Waals surface area (Å²) in [5, 5.41) is 8.66. The summed E-state index contributed by atoms with van der Waals surface area (Å²) in [7, 11) is 1.60. The highest BCUT2D eigenvalue weighted by Crippen LogP contribution is 2.34. The Labute approximate surface area is 154 Å². The zero-order valence-electron chi connectivity index (χ0n) is 15.3. The number of benzene rings is 1. The number of nitrogens with zero attached hydrogens (tertiary/aromatic N) is 4. The van der Waals surface area contributed by atoms with E-state index >= 15 is 0 Å². The minimum Gasteiger partial charge on any atom is -0.493 e. The van der Waals surface area contributed by atoms with E-state index in [1.807, 2.05) is 12.1 Å². The molecule has 1 saturated heterocycles. The van der Waals surface area contributed by atoms with Crippen molar-refractivity contribution in [2.24, 2.45) is 0 Å². The van der Waals surface area contributed by atoms with Gasteiger partial charge in [-0.05, 0) is 32.9 Å². The van der Waals surface area contributed by atoms with Crippen LogP contribution in [0.2, 0.25) is 5.02 Å². The first kappa shape index (κ1) is 18.0. The largest absolute Gasteiger partial charge is 0.493 e. The molecule has 2 heterocycles. The number of halogens is 1. The van der Waals surface area contributed by atoms with E-state index in [0.29, 0.717) is 16.5 Å². The number of aromatic nitrogens is 2. The monoisotopic (exact) mass is 360 g/mol. The number of hydrogen-bond donors (Lipinski definition) is 0. The molecular weight excluding hydrogens is 336 g/mol. The lowest BCUT2D eigenvalue weighted by Gasteiger charge is -2.43. The SMILES string of the molecule is COc1c(Cl)cnnc1-c1cccc(N2CCN(C(C)(C)C)CC2)c1. The van der Waals surface area contributed by atoms with Gasteiger partial charge in [-0.1, -0.05) is 23.7 Å². The molecule has 25 heavy (non-hydrogen) atoms. The first-order chi connectivity index (χ1) is 11.9. The standard InChI is InChI=1S/C19H25ClN4O/c1-19(2,3)24-10-8-23(9-11-24)15-7-5-6-14(12-15)17-18(25-4)16(20)13-21-22-17/h5-7,12-13H,8-11H2,1-4H3. The van der Waals surface area contributed by atoms with Gasteiger partial charge in [0.15, 0.2) is 5.75 Å². The zero-order chi connectivity index (χ0) is 18.0. The number of ether oxygens (including phenoxy) is 1. The maximum Gasteiger partial charge on any atom is 0.167 e. The highest BCUT2D eigenvalue weighted by Gasteiger charge is 2.26. The molecule has 6 heteroatoms. The van der Waals surface area contributed by atoms with Crippen molar-refractivity contribution in [1.82, 2.24) is 15.1 Å². The fraction of sp³-hybridized carbons (Fsp3) is 0.474. The molecule has 0 atom stereocenters. The van der Waals surface area contributed by atoms with Crippen LogP contribution in [-0.2, 0) is 0 Å². The molecule has 5 nitrogen and oxygen atoms in total. The molecule has 0 bridgehead atoms. The molecule has 3 rings (SSSR count). The Balaban J connectivity index is 1.83. The lowest BCUT2D eigenvalue weighted by molar-refractivity contribution is 0.128. The molecule has 0 aliphatic carbocycles. The van der Waals surface area contributed by atoms with Gasteiger partial charge in [0.05, 0.1) is 13.3 Å². The maximum atomic E-state index is 6.18. The van der Waals surface area contributed by atoms with Gasteiger partial charge in [-0.2, -0.15) is 5.10 Å². The van der Waals surface area contributed by atoms with Crippen LogP contribution in [0.3, 0.4) is 0 Å². The average Bonchev–Trinajstić information content (AvgIpc) is 2.61. The molecule has 2 aromatic rings. The molecular formula is C19H25ClN4O. The van der Waals surface area contributed by atoms with E-state index in [4.69, 9.17) is 16.3 Å². The van der Waals surface area contributed by atoms with Crippen LogP contribution in [0.5, 0.6) is 5.75 Å². The topological polar surface area (TPSA) is 41.5 Å². The van der Waals surface area contributed by atoms with Crippen LogP contribution in [-0.4, -0.2) is 53.9 Å². The number of piperazine rings is 1. The Kier molecular flexibility index (Phi) is 5.16. The van der Waals surface area contributed by atoms with Gasteiger partial charge in [0.1, 0.15) is 10.7 Å². The number of anilines is 1. The normalized spacial score (nSPS) is 16.1. The van der Waals surface area contributed by atoms with Gasteiger partial charge in [-0.3, -0.25) is 4.90 Å². The second kappa shape index (κ2) is 7.18. The van der Waals surface area contributed by atoms with Crippen LogP contribution in [0.15, 0.2) is 30.5 Å². The van der Waals surface area contributed by atoms with E-state index in [-0.39, 0.29) is 5.54 Å². The van der Waals surface area contributed by atoms with E-state index in [1.165, 1.54) is 11.9 Å². The molecule has 0 N–H and O–H groups in total. The Hall–Kier alpha value is -1.85. The lowest BCUT2D eigenvalue weighted by atomic mass is 10.0. The summed E-state index contributed by atoms with van der Waals surface area (Å²) in [5.74, 6) is 0.561. The lowest BCUT2D eigenvalue weighted by Crippen LogP contribution is -2.53. The summed E-state index contributed by atoms with van der Waals surface area (Å²) in [6, 6.07) is 8.33. The van der Waals surface area contributed by atoms with Crippen molar-refractivity contribution in [3.63, 3.8) is 0 Å². The van der Waals surface area contributed by atoms with Crippen molar-refractivity contribution in [1.29, 1.82) is 0 Å². The summed E-state index contributed by atoms with van der Waals surface area (Å²) in [5.41, 5.74) is 3.04. The average molecular weight is 361 g/mol. The van der Waals surface area contributed by atoms with Crippen LogP contribution in [0.25, 0.3) is 11.3 Å². The molecule has 1 aliphatic rings. The second-order valence-electron chi connectivity index (χ2n) is 7.27. The third kappa shape index (κ3) is 3.88. The van der Waals surface area contributed by atoms with E-state index in [2.05, 4.69) is 52.9 Å². The molecule has 1 fully saturated rings. The van der Waals surface area contributed by atoms with Gasteiger partial charge in [0.25, 0.3) is 0 Å². The molecule has 0 radical (unpaired) electrons.